The highest BCUT2D eigenvalue weighted by molar-refractivity contribution is 7.22. The molecule has 1 saturated heterocycles. The van der Waals surface area contributed by atoms with Crippen molar-refractivity contribution < 1.29 is 24.2 Å². The Balaban J connectivity index is 1.69. The molecule has 1 fully saturated rings. The minimum absolute atomic E-state index is 0.0000306. The van der Waals surface area contributed by atoms with E-state index in [0.29, 0.717) is 34.4 Å². The lowest BCUT2D eigenvalue weighted by Crippen LogP contribution is -2.29. The van der Waals surface area contributed by atoms with Gasteiger partial charge in [0.2, 0.25) is 0 Å². The van der Waals surface area contributed by atoms with Crippen LogP contribution < -0.4 is 14.4 Å². The number of hydrogen-bond acceptors (Lipinski definition) is 7. The number of aryl methyl sites for hydroxylation is 2. The second-order valence-electron chi connectivity index (χ2n) is 9.24. The van der Waals surface area contributed by atoms with Gasteiger partial charge < -0.3 is 14.6 Å². The molecule has 0 aliphatic carbocycles. The third-order valence-corrected chi connectivity index (χ3v) is 7.48. The lowest BCUT2D eigenvalue weighted by molar-refractivity contribution is -0.132. The topological polar surface area (TPSA) is 89.0 Å². The van der Waals surface area contributed by atoms with Crippen molar-refractivity contribution in [1.82, 2.24) is 4.98 Å². The Morgan fingerprint density at radius 1 is 1.05 bits per heavy atom. The van der Waals surface area contributed by atoms with Gasteiger partial charge in [-0.3, -0.25) is 14.5 Å². The number of ether oxygens (including phenoxy) is 2. The number of aliphatic hydroxyl groups is 1. The monoisotopic (exact) mass is 528 g/mol. The number of anilines is 1. The van der Waals surface area contributed by atoms with Crippen LogP contribution in [-0.4, -0.2) is 35.5 Å². The van der Waals surface area contributed by atoms with Gasteiger partial charge in [-0.15, -0.1) is 0 Å². The summed E-state index contributed by atoms with van der Waals surface area (Å²) in [6.45, 7) is 6.51. The first kappa shape index (κ1) is 25.5. The smallest absolute Gasteiger partial charge is 0.301 e. The minimum atomic E-state index is -0.872. The minimum Gasteiger partial charge on any atom is -0.507 e. The third kappa shape index (κ3) is 4.52. The summed E-state index contributed by atoms with van der Waals surface area (Å²) in [6, 6.07) is 17.2. The number of benzene rings is 3. The van der Waals surface area contributed by atoms with Crippen LogP contribution in [0.1, 0.15) is 41.6 Å². The Labute approximate surface area is 225 Å². The maximum Gasteiger partial charge on any atom is 0.301 e. The van der Waals surface area contributed by atoms with E-state index in [1.807, 2.05) is 32.9 Å². The second kappa shape index (κ2) is 10.3. The summed E-state index contributed by atoms with van der Waals surface area (Å²) in [4.78, 5) is 33.2. The number of nitrogens with zero attached hydrogens (tertiary/aromatic N) is 2. The third-order valence-electron chi connectivity index (χ3n) is 6.48. The van der Waals surface area contributed by atoms with Crippen molar-refractivity contribution in [2.45, 2.75) is 33.2 Å². The quantitative estimate of drug-likeness (QED) is 0.171. The van der Waals surface area contributed by atoms with E-state index in [4.69, 9.17) is 14.5 Å². The van der Waals surface area contributed by atoms with Crippen molar-refractivity contribution in [3.63, 3.8) is 0 Å². The van der Waals surface area contributed by atoms with Gasteiger partial charge in [0.15, 0.2) is 5.13 Å². The Morgan fingerprint density at radius 2 is 1.82 bits per heavy atom. The van der Waals surface area contributed by atoms with Crippen molar-refractivity contribution in [3.05, 3.63) is 88.5 Å². The molecule has 3 aromatic carbocycles. The Morgan fingerprint density at radius 3 is 2.53 bits per heavy atom. The highest BCUT2D eigenvalue weighted by Gasteiger charge is 2.48. The molecule has 1 aliphatic rings. The van der Waals surface area contributed by atoms with Gasteiger partial charge in [0.05, 0.1) is 35.5 Å². The van der Waals surface area contributed by atoms with E-state index < -0.39 is 17.7 Å². The number of amides is 1. The fourth-order valence-corrected chi connectivity index (χ4v) is 5.87. The zero-order valence-corrected chi connectivity index (χ0v) is 22.5. The largest absolute Gasteiger partial charge is 0.507 e. The van der Waals surface area contributed by atoms with Gasteiger partial charge in [-0.2, -0.15) is 0 Å². The molecule has 5 rings (SSSR count). The predicted molar refractivity (Wildman–Crippen MR) is 149 cm³/mol. The van der Waals surface area contributed by atoms with Gasteiger partial charge in [-0.05, 0) is 67.3 Å². The molecule has 0 spiro atoms. The number of aromatic nitrogens is 1. The lowest BCUT2D eigenvalue weighted by Gasteiger charge is -2.23. The van der Waals surface area contributed by atoms with E-state index in [1.54, 1.807) is 55.6 Å². The average molecular weight is 529 g/mol. The van der Waals surface area contributed by atoms with Crippen LogP contribution in [0.3, 0.4) is 0 Å². The molecular weight excluding hydrogens is 500 g/mol. The van der Waals surface area contributed by atoms with Crippen LogP contribution >= 0.6 is 11.3 Å². The van der Waals surface area contributed by atoms with E-state index in [0.717, 1.165) is 27.8 Å². The molecule has 0 bridgehead atoms. The molecule has 0 radical (unpaired) electrons. The number of ketones is 1. The van der Waals surface area contributed by atoms with Crippen molar-refractivity contribution in [2.75, 3.05) is 18.6 Å². The maximum absolute atomic E-state index is 13.5. The second-order valence-corrected chi connectivity index (χ2v) is 10.3. The van der Waals surface area contributed by atoms with Crippen molar-refractivity contribution in [3.8, 4) is 11.5 Å². The number of Topliss-reactive ketones (excluding diaryl/α,β-unsaturated/α-hetero) is 1. The van der Waals surface area contributed by atoms with Gasteiger partial charge in [0, 0.05) is 5.56 Å². The van der Waals surface area contributed by atoms with E-state index in [2.05, 4.69) is 0 Å². The highest BCUT2D eigenvalue weighted by atomic mass is 32.1. The number of carbonyl (C=O) groups excluding carboxylic acids is 2. The van der Waals surface area contributed by atoms with E-state index in [-0.39, 0.29) is 11.3 Å². The van der Waals surface area contributed by atoms with Crippen molar-refractivity contribution in [1.29, 1.82) is 0 Å². The zero-order valence-electron chi connectivity index (χ0n) is 21.6. The molecule has 38 heavy (non-hydrogen) atoms. The summed E-state index contributed by atoms with van der Waals surface area (Å²) in [5.41, 5.74) is 3.91. The van der Waals surface area contributed by atoms with Gasteiger partial charge in [-0.25, -0.2) is 4.98 Å². The molecule has 1 atom stereocenters. The number of hydrogen-bond donors (Lipinski definition) is 1. The van der Waals surface area contributed by atoms with Gasteiger partial charge in [0.1, 0.15) is 17.3 Å². The standard InChI is InChI=1S/C30H28N2O5S/c1-5-13-37-22-8-6-7-20(16-22)27(33)24-26(19-9-11-21(36-4)12-10-19)32(29(35)28(24)34)30-31-25-18(3)14-17(2)15-23(25)38-30/h6-12,14-16,26,33H,5,13H2,1-4H3/b27-24+. The molecule has 1 unspecified atom stereocenters. The predicted octanol–water partition coefficient (Wildman–Crippen LogP) is 6.34. The number of rotatable bonds is 7. The van der Waals surface area contributed by atoms with Gasteiger partial charge in [-0.1, -0.05) is 48.6 Å². The van der Waals surface area contributed by atoms with Crippen LogP contribution in [0.25, 0.3) is 16.0 Å². The zero-order chi connectivity index (χ0) is 27.0. The summed E-state index contributed by atoms with van der Waals surface area (Å²) < 4.78 is 12.0. The first-order chi connectivity index (χ1) is 18.3. The Bertz CT molecular complexity index is 1570. The van der Waals surface area contributed by atoms with Crippen LogP contribution in [0.5, 0.6) is 11.5 Å². The number of fused-ring (bicyclic) bond motifs is 1. The van der Waals surface area contributed by atoms with E-state index >= 15 is 0 Å². The number of thiazole rings is 1. The molecule has 1 amide bonds. The molecule has 8 heteroatoms. The molecular formula is C30H28N2O5S. The number of carbonyl (C=O) groups is 2. The molecule has 194 valence electrons. The molecule has 4 aromatic rings. The van der Waals surface area contributed by atoms with Crippen molar-refractivity contribution in [2.24, 2.45) is 0 Å². The first-order valence-electron chi connectivity index (χ1n) is 12.4. The maximum atomic E-state index is 13.5. The Hall–Kier alpha value is -4.17. The van der Waals surface area contributed by atoms with Gasteiger partial charge in [0.25, 0.3) is 5.78 Å². The molecule has 2 heterocycles. The number of methoxy groups -OCH3 is 1. The fourth-order valence-electron chi connectivity index (χ4n) is 4.70. The lowest BCUT2D eigenvalue weighted by atomic mass is 9.95. The van der Waals surface area contributed by atoms with Gasteiger partial charge >= 0.3 is 5.91 Å². The van der Waals surface area contributed by atoms with E-state index in [9.17, 15) is 14.7 Å². The average Bonchev–Trinajstić information content (AvgIpc) is 3.45. The van der Waals surface area contributed by atoms with Crippen LogP contribution in [0.15, 0.2) is 66.2 Å². The summed E-state index contributed by atoms with van der Waals surface area (Å²) >= 11 is 1.35. The summed E-state index contributed by atoms with van der Waals surface area (Å²) in [6.07, 6.45) is 0.833. The fraction of sp³-hybridized carbons (Fsp3) is 0.233. The summed E-state index contributed by atoms with van der Waals surface area (Å²) in [7, 11) is 1.57. The van der Waals surface area contributed by atoms with Crippen LogP contribution in [-0.2, 0) is 9.59 Å². The molecule has 1 aliphatic heterocycles. The summed E-state index contributed by atoms with van der Waals surface area (Å²) in [5.74, 6) is -0.558. The van der Waals surface area contributed by atoms with Crippen molar-refractivity contribution >= 4 is 44.1 Å². The number of aliphatic hydroxyl groups excluding tert-OH is 1. The SMILES string of the molecule is CCCOc1cccc(/C(O)=C2\C(=O)C(=O)N(c3nc4c(C)cc(C)cc4s3)C2c2ccc(OC)cc2)c1. The molecule has 1 aromatic heterocycles. The molecule has 0 saturated carbocycles. The molecule has 1 N–H and O–H groups in total. The highest BCUT2D eigenvalue weighted by Crippen LogP contribution is 2.45. The van der Waals surface area contributed by atoms with E-state index in [1.165, 1.54) is 16.2 Å². The van der Waals surface area contributed by atoms with Crippen LogP contribution in [0.2, 0.25) is 0 Å². The first-order valence-corrected chi connectivity index (χ1v) is 13.2. The normalized spacial score (nSPS) is 16.8. The molecule has 7 nitrogen and oxygen atoms in total. The summed E-state index contributed by atoms with van der Waals surface area (Å²) in [5, 5.41) is 11.9. The van der Waals surface area contributed by atoms with Crippen LogP contribution in [0.4, 0.5) is 5.13 Å². The van der Waals surface area contributed by atoms with Crippen LogP contribution in [0, 0.1) is 13.8 Å². The Kier molecular flexibility index (Phi) is 6.91.